The summed E-state index contributed by atoms with van der Waals surface area (Å²) in [5, 5.41) is 3.02. The minimum atomic E-state index is -3.75. The molecule has 162 valence electrons. The van der Waals surface area contributed by atoms with E-state index in [0.717, 1.165) is 16.9 Å². The highest BCUT2D eigenvalue weighted by Gasteiger charge is 2.18. The van der Waals surface area contributed by atoms with Crippen LogP contribution in [0.15, 0.2) is 77.7 Å². The number of carbonyl (C=O) groups is 1. The van der Waals surface area contributed by atoms with E-state index in [1.807, 2.05) is 31.2 Å². The van der Waals surface area contributed by atoms with Gasteiger partial charge in [-0.1, -0.05) is 43.3 Å². The number of anilines is 1. The van der Waals surface area contributed by atoms with Gasteiger partial charge in [0.15, 0.2) is 0 Å². The van der Waals surface area contributed by atoms with Crippen LogP contribution in [0.2, 0.25) is 0 Å². The third-order valence-electron chi connectivity index (χ3n) is 5.03. The molecule has 3 aromatic rings. The van der Waals surface area contributed by atoms with E-state index in [1.165, 1.54) is 12.1 Å². The van der Waals surface area contributed by atoms with E-state index in [9.17, 15) is 13.2 Å². The van der Waals surface area contributed by atoms with E-state index >= 15 is 0 Å². The van der Waals surface area contributed by atoms with Gasteiger partial charge in [0, 0.05) is 5.56 Å². The molecule has 0 heterocycles. The summed E-state index contributed by atoms with van der Waals surface area (Å²) in [7, 11) is -2.14. The number of rotatable bonds is 8. The molecule has 0 aliphatic carbocycles. The van der Waals surface area contributed by atoms with Crippen LogP contribution in [0.5, 0.6) is 5.75 Å². The van der Waals surface area contributed by atoms with Crippen molar-refractivity contribution < 1.29 is 17.9 Å². The van der Waals surface area contributed by atoms with Gasteiger partial charge >= 0.3 is 0 Å². The van der Waals surface area contributed by atoms with Gasteiger partial charge in [0.05, 0.1) is 23.7 Å². The fourth-order valence-electron chi connectivity index (χ4n) is 3.18. The second kappa shape index (κ2) is 9.66. The molecule has 0 spiro atoms. The third-order valence-corrected chi connectivity index (χ3v) is 6.41. The topological polar surface area (TPSA) is 84.5 Å². The number of methoxy groups -OCH3 is 1. The van der Waals surface area contributed by atoms with E-state index in [-0.39, 0.29) is 16.8 Å². The zero-order chi connectivity index (χ0) is 22.4. The maximum Gasteiger partial charge on any atom is 0.261 e. The molecule has 0 bridgehead atoms. The molecular weight excluding hydrogens is 412 g/mol. The molecule has 7 heteroatoms. The quantitative estimate of drug-likeness (QED) is 0.535. The van der Waals surface area contributed by atoms with Crippen molar-refractivity contribution in [3.8, 4) is 5.75 Å². The predicted octanol–water partition coefficient (Wildman–Crippen LogP) is 4.69. The number of ether oxygens (including phenoxy) is 1. The van der Waals surface area contributed by atoms with Crippen molar-refractivity contribution in [2.45, 2.75) is 31.2 Å². The van der Waals surface area contributed by atoms with Crippen molar-refractivity contribution in [2.75, 3.05) is 11.8 Å². The minimum absolute atomic E-state index is 0.162. The zero-order valence-electron chi connectivity index (χ0n) is 17.8. The third kappa shape index (κ3) is 5.44. The normalized spacial score (nSPS) is 12.1. The molecule has 1 atom stereocenters. The first-order chi connectivity index (χ1) is 14.8. The Labute approximate surface area is 183 Å². The Balaban J connectivity index is 1.80. The Kier molecular flexibility index (Phi) is 6.97. The number of benzene rings is 3. The summed E-state index contributed by atoms with van der Waals surface area (Å²) >= 11 is 0. The lowest BCUT2D eigenvalue weighted by Gasteiger charge is -2.19. The van der Waals surface area contributed by atoms with Gasteiger partial charge in [0.25, 0.3) is 15.9 Å². The maximum absolute atomic E-state index is 12.9. The lowest BCUT2D eigenvalue weighted by Crippen LogP contribution is -2.28. The minimum Gasteiger partial charge on any atom is -0.497 e. The van der Waals surface area contributed by atoms with Crippen LogP contribution in [0, 0.1) is 6.92 Å². The lowest BCUT2D eigenvalue weighted by atomic mass is 10.0. The second-order valence-corrected chi connectivity index (χ2v) is 8.84. The Morgan fingerprint density at radius 1 is 1.00 bits per heavy atom. The van der Waals surface area contributed by atoms with Crippen LogP contribution in [-0.2, 0) is 10.0 Å². The number of carbonyl (C=O) groups excluding carboxylic acids is 1. The average molecular weight is 439 g/mol. The van der Waals surface area contributed by atoms with E-state index < -0.39 is 10.0 Å². The Bertz CT molecular complexity index is 1140. The summed E-state index contributed by atoms with van der Waals surface area (Å²) in [6, 6.07) is 20.5. The van der Waals surface area contributed by atoms with Crippen LogP contribution >= 0.6 is 0 Å². The molecule has 0 saturated carbocycles. The summed E-state index contributed by atoms with van der Waals surface area (Å²) in [5.74, 6) is 0.474. The smallest absolute Gasteiger partial charge is 0.261 e. The van der Waals surface area contributed by atoms with Gasteiger partial charge in [-0.05, 0) is 60.9 Å². The largest absolute Gasteiger partial charge is 0.497 e. The van der Waals surface area contributed by atoms with E-state index in [4.69, 9.17) is 4.74 Å². The monoisotopic (exact) mass is 438 g/mol. The summed E-state index contributed by atoms with van der Waals surface area (Å²) in [6.45, 7) is 3.78. The van der Waals surface area contributed by atoms with Crippen LogP contribution < -0.4 is 14.8 Å². The van der Waals surface area contributed by atoms with Gasteiger partial charge in [-0.15, -0.1) is 0 Å². The molecule has 2 N–H and O–H groups in total. The highest BCUT2D eigenvalue weighted by molar-refractivity contribution is 7.92. The molecule has 0 aliphatic heterocycles. The first-order valence-corrected chi connectivity index (χ1v) is 11.5. The van der Waals surface area contributed by atoms with Crippen LogP contribution in [0.25, 0.3) is 0 Å². The summed E-state index contributed by atoms with van der Waals surface area (Å²) in [5.41, 5.74) is 2.43. The van der Waals surface area contributed by atoms with Gasteiger partial charge in [0.2, 0.25) is 0 Å². The van der Waals surface area contributed by atoms with Crippen LogP contribution in [-0.4, -0.2) is 21.4 Å². The second-order valence-electron chi connectivity index (χ2n) is 7.16. The number of hydrogen-bond acceptors (Lipinski definition) is 4. The van der Waals surface area contributed by atoms with Crippen LogP contribution in [0.4, 0.5) is 5.69 Å². The number of sulfonamides is 1. The van der Waals surface area contributed by atoms with Crippen LogP contribution in [0.1, 0.15) is 40.9 Å². The summed E-state index contributed by atoms with van der Waals surface area (Å²) in [6.07, 6.45) is 0.706. The fraction of sp³-hybridized carbons (Fsp3) is 0.208. The van der Waals surface area contributed by atoms with Crippen molar-refractivity contribution >= 4 is 21.6 Å². The van der Waals surface area contributed by atoms with Crippen molar-refractivity contribution in [1.29, 1.82) is 0 Å². The molecule has 6 nitrogen and oxygen atoms in total. The molecule has 0 unspecified atom stereocenters. The molecule has 3 aromatic carbocycles. The maximum atomic E-state index is 12.9. The summed E-state index contributed by atoms with van der Waals surface area (Å²) < 4.78 is 33.1. The first-order valence-electron chi connectivity index (χ1n) is 9.97. The summed E-state index contributed by atoms with van der Waals surface area (Å²) in [4.78, 5) is 13.1. The fourth-order valence-corrected chi connectivity index (χ4v) is 4.32. The Morgan fingerprint density at radius 3 is 2.29 bits per heavy atom. The Hall–Kier alpha value is -3.32. The van der Waals surface area contributed by atoms with Crippen molar-refractivity contribution in [3.63, 3.8) is 0 Å². The zero-order valence-corrected chi connectivity index (χ0v) is 18.6. The molecule has 3 rings (SSSR count). The predicted molar refractivity (Wildman–Crippen MR) is 122 cm³/mol. The van der Waals surface area contributed by atoms with E-state index in [2.05, 4.69) is 10.0 Å². The van der Waals surface area contributed by atoms with E-state index in [0.29, 0.717) is 17.7 Å². The standard InChI is InChI=1S/C24H26N2O4S/c1-4-22(18-12-14-20(30-3)15-13-18)25-24(27)19-11-10-17(2)23(16-19)26-31(28,29)21-8-6-5-7-9-21/h5-16,22,26H,4H2,1-3H3,(H,25,27)/t22-/m1/s1. The molecule has 0 aromatic heterocycles. The highest BCUT2D eigenvalue weighted by atomic mass is 32.2. The number of aryl methyl sites for hydroxylation is 1. The van der Waals surface area contributed by atoms with E-state index in [1.54, 1.807) is 50.4 Å². The first kappa shape index (κ1) is 22.4. The van der Waals surface area contributed by atoms with Gasteiger partial charge in [0.1, 0.15) is 5.75 Å². The van der Waals surface area contributed by atoms with Crippen LogP contribution in [0.3, 0.4) is 0 Å². The van der Waals surface area contributed by atoms with Crippen molar-refractivity contribution in [2.24, 2.45) is 0 Å². The SMILES string of the molecule is CC[C@@H](NC(=O)c1ccc(C)c(NS(=O)(=O)c2ccccc2)c1)c1ccc(OC)cc1. The van der Waals surface area contributed by atoms with Gasteiger partial charge in [-0.2, -0.15) is 0 Å². The average Bonchev–Trinajstić information content (AvgIpc) is 2.79. The Morgan fingerprint density at radius 2 is 1.68 bits per heavy atom. The van der Waals surface area contributed by atoms with Gasteiger partial charge in [-0.25, -0.2) is 8.42 Å². The molecule has 0 radical (unpaired) electrons. The van der Waals surface area contributed by atoms with Gasteiger partial charge < -0.3 is 10.1 Å². The van der Waals surface area contributed by atoms with Crippen molar-refractivity contribution in [1.82, 2.24) is 5.32 Å². The number of hydrogen-bond donors (Lipinski definition) is 2. The molecule has 0 aliphatic rings. The molecule has 0 fully saturated rings. The number of amides is 1. The van der Waals surface area contributed by atoms with Gasteiger partial charge in [-0.3, -0.25) is 9.52 Å². The lowest BCUT2D eigenvalue weighted by molar-refractivity contribution is 0.0935. The molecule has 1 amide bonds. The highest BCUT2D eigenvalue weighted by Crippen LogP contribution is 2.23. The molecule has 31 heavy (non-hydrogen) atoms. The van der Waals surface area contributed by atoms with Crippen molar-refractivity contribution in [3.05, 3.63) is 89.5 Å². The molecular formula is C24H26N2O4S. The molecule has 0 saturated heterocycles. The number of nitrogens with one attached hydrogen (secondary N) is 2.